The first-order valence-electron chi connectivity index (χ1n) is 5.96. The van der Waals surface area contributed by atoms with Crippen LogP contribution in [-0.4, -0.2) is 9.55 Å². The van der Waals surface area contributed by atoms with Crippen molar-refractivity contribution >= 4 is 45.6 Å². The first kappa shape index (κ1) is 13.0. The maximum Gasteiger partial charge on any atom is 0.128 e. The summed E-state index contributed by atoms with van der Waals surface area (Å²) in [5, 5.41) is 4.79. The van der Waals surface area contributed by atoms with E-state index in [0.717, 1.165) is 23.4 Å². The van der Waals surface area contributed by atoms with Crippen LogP contribution >= 0.6 is 34.5 Å². The molecule has 0 aliphatic carbocycles. The summed E-state index contributed by atoms with van der Waals surface area (Å²) in [5.41, 5.74) is 3.21. The molecule has 0 aliphatic heterocycles. The van der Waals surface area contributed by atoms with E-state index in [-0.39, 0.29) is 5.38 Å². The number of aromatic nitrogens is 2. The Morgan fingerprint density at radius 2 is 2.21 bits per heavy atom. The van der Waals surface area contributed by atoms with Gasteiger partial charge in [-0.05, 0) is 47.5 Å². The minimum Gasteiger partial charge on any atom is -0.322 e. The third-order valence-electron chi connectivity index (χ3n) is 3.02. The van der Waals surface area contributed by atoms with Crippen molar-refractivity contribution in [3.05, 3.63) is 51.4 Å². The van der Waals surface area contributed by atoms with Gasteiger partial charge in [0, 0.05) is 5.02 Å². The van der Waals surface area contributed by atoms with E-state index in [1.807, 2.05) is 25.1 Å². The van der Waals surface area contributed by atoms with Crippen molar-refractivity contribution in [3.63, 3.8) is 0 Å². The molecule has 3 aromatic rings. The normalized spacial score (nSPS) is 13.0. The molecule has 1 aromatic carbocycles. The Morgan fingerprint density at radius 3 is 2.89 bits per heavy atom. The third-order valence-corrected chi connectivity index (χ3v) is 4.18. The molecule has 0 spiro atoms. The summed E-state index contributed by atoms with van der Waals surface area (Å²) in [5.74, 6) is 0.880. The van der Waals surface area contributed by atoms with Crippen molar-refractivity contribution in [1.29, 1.82) is 0 Å². The van der Waals surface area contributed by atoms with Gasteiger partial charge in [-0.15, -0.1) is 11.6 Å². The summed E-state index contributed by atoms with van der Waals surface area (Å²) in [6, 6.07) is 7.85. The van der Waals surface area contributed by atoms with E-state index in [1.165, 1.54) is 5.56 Å². The van der Waals surface area contributed by atoms with E-state index < -0.39 is 0 Å². The first-order valence-corrected chi connectivity index (χ1v) is 7.71. The predicted octanol–water partition coefficient (Wildman–Crippen LogP) is 5.10. The second kappa shape index (κ2) is 5.16. The first-order chi connectivity index (χ1) is 9.15. The zero-order valence-corrected chi connectivity index (χ0v) is 12.6. The Labute approximate surface area is 125 Å². The molecule has 3 rings (SSSR count). The van der Waals surface area contributed by atoms with Crippen LogP contribution in [0, 0.1) is 0 Å². The molecule has 0 bridgehead atoms. The van der Waals surface area contributed by atoms with E-state index in [0.29, 0.717) is 5.02 Å². The van der Waals surface area contributed by atoms with Crippen LogP contribution in [0.25, 0.3) is 11.0 Å². The molecule has 1 unspecified atom stereocenters. The number of imidazole rings is 1. The van der Waals surface area contributed by atoms with E-state index in [1.54, 1.807) is 11.3 Å². The third kappa shape index (κ3) is 2.50. The summed E-state index contributed by atoms with van der Waals surface area (Å²) in [6.07, 6.45) is 0. The van der Waals surface area contributed by atoms with Gasteiger partial charge in [0.1, 0.15) is 5.82 Å². The molecular formula is C14H12Cl2N2S. The predicted molar refractivity (Wildman–Crippen MR) is 82.4 cm³/mol. The molecule has 0 radical (unpaired) electrons. The second-order valence-electron chi connectivity index (χ2n) is 4.44. The van der Waals surface area contributed by atoms with Gasteiger partial charge in [0.15, 0.2) is 0 Å². The number of fused-ring (bicyclic) bond motifs is 1. The molecule has 0 saturated carbocycles. The quantitative estimate of drug-likeness (QED) is 0.615. The van der Waals surface area contributed by atoms with Crippen LogP contribution < -0.4 is 0 Å². The van der Waals surface area contributed by atoms with Crippen molar-refractivity contribution in [3.8, 4) is 0 Å². The Morgan fingerprint density at radius 1 is 1.37 bits per heavy atom. The molecule has 0 amide bonds. The molecule has 0 N–H and O–H groups in total. The van der Waals surface area contributed by atoms with Gasteiger partial charge in [0.2, 0.25) is 0 Å². The lowest BCUT2D eigenvalue weighted by atomic mass is 10.3. The van der Waals surface area contributed by atoms with Crippen molar-refractivity contribution in [1.82, 2.24) is 9.55 Å². The van der Waals surface area contributed by atoms with Crippen LogP contribution in [-0.2, 0) is 6.54 Å². The number of rotatable bonds is 3. The van der Waals surface area contributed by atoms with Gasteiger partial charge >= 0.3 is 0 Å². The highest BCUT2D eigenvalue weighted by Crippen LogP contribution is 2.27. The lowest BCUT2D eigenvalue weighted by Crippen LogP contribution is -2.05. The molecular weight excluding hydrogens is 299 g/mol. The van der Waals surface area contributed by atoms with Gasteiger partial charge in [0.25, 0.3) is 0 Å². The van der Waals surface area contributed by atoms with Crippen molar-refractivity contribution in [2.75, 3.05) is 0 Å². The van der Waals surface area contributed by atoms with Gasteiger partial charge in [-0.1, -0.05) is 11.6 Å². The van der Waals surface area contributed by atoms with Gasteiger partial charge in [0.05, 0.1) is 23.0 Å². The van der Waals surface area contributed by atoms with Crippen molar-refractivity contribution in [2.24, 2.45) is 0 Å². The summed E-state index contributed by atoms with van der Waals surface area (Å²) in [7, 11) is 0. The molecule has 2 heterocycles. The summed E-state index contributed by atoms with van der Waals surface area (Å²) in [6.45, 7) is 2.71. The van der Waals surface area contributed by atoms with E-state index in [4.69, 9.17) is 23.2 Å². The minimum absolute atomic E-state index is 0.134. The van der Waals surface area contributed by atoms with E-state index in [9.17, 15) is 0 Å². The molecule has 1 atom stereocenters. The topological polar surface area (TPSA) is 17.8 Å². The molecule has 5 heteroatoms. The highest BCUT2D eigenvalue weighted by Gasteiger charge is 2.15. The number of hydrogen-bond acceptors (Lipinski definition) is 2. The van der Waals surface area contributed by atoms with Gasteiger partial charge in [-0.3, -0.25) is 0 Å². The summed E-state index contributed by atoms with van der Waals surface area (Å²) in [4.78, 5) is 4.61. The molecule has 2 nitrogen and oxygen atoms in total. The smallest absolute Gasteiger partial charge is 0.128 e. The lowest BCUT2D eigenvalue weighted by Gasteiger charge is -2.09. The number of benzene rings is 1. The second-order valence-corrected chi connectivity index (χ2v) is 6.31. The Kier molecular flexibility index (Phi) is 3.52. The maximum atomic E-state index is 6.25. The van der Waals surface area contributed by atoms with Crippen LogP contribution in [0.5, 0.6) is 0 Å². The molecule has 2 aromatic heterocycles. The van der Waals surface area contributed by atoms with Crippen LogP contribution in [0.15, 0.2) is 35.0 Å². The highest BCUT2D eigenvalue weighted by molar-refractivity contribution is 7.07. The Bertz CT molecular complexity index is 702. The number of hydrogen-bond donors (Lipinski definition) is 0. The average molecular weight is 311 g/mol. The standard InChI is InChI=1S/C14H12Cl2N2S/c1-9(15)14-17-12-3-2-11(16)6-13(12)18(14)7-10-4-5-19-8-10/h2-6,8-9H,7H2,1H3. The molecule has 0 saturated heterocycles. The van der Waals surface area contributed by atoms with E-state index >= 15 is 0 Å². The van der Waals surface area contributed by atoms with Crippen LogP contribution in [0.1, 0.15) is 23.7 Å². The van der Waals surface area contributed by atoms with Gasteiger partial charge in [-0.2, -0.15) is 11.3 Å². The lowest BCUT2D eigenvalue weighted by molar-refractivity contribution is 0.744. The van der Waals surface area contributed by atoms with Gasteiger partial charge < -0.3 is 4.57 Å². The minimum atomic E-state index is -0.134. The number of halogens is 2. The number of thiophene rings is 1. The molecule has 0 fully saturated rings. The Balaban J connectivity index is 2.18. The fourth-order valence-electron chi connectivity index (χ4n) is 2.15. The fourth-order valence-corrected chi connectivity index (χ4v) is 3.14. The van der Waals surface area contributed by atoms with Crippen molar-refractivity contribution in [2.45, 2.75) is 18.8 Å². The van der Waals surface area contributed by atoms with E-state index in [2.05, 4.69) is 26.4 Å². The van der Waals surface area contributed by atoms with Crippen LogP contribution in [0.4, 0.5) is 0 Å². The summed E-state index contributed by atoms with van der Waals surface area (Å²) < 4.78 is 2.14. The molecule has 19 heavy (non-hydrogen) atoms. The highest BCUT2D eigenvalue weighted by atomic mass is 35.5. The zero-order valence-electron chi connectivity index (χ0n) is 10.3. The monoisotopic (exact) mass is 310 g/mol. The maximum absolute atomic E-state index is 6.25. The number of nitrogens with zero attached hydrogens (tertiary/aromatic N) is 2. The average Bonchev–Trinajstić information content (AvgIpc) is 2.98. The zero-order chi connectivity index (χ0) is 13.4. The van der Waals surface area contributed by atoms with Gasteiger partial charge in [-0.25, -0.2) is 4.98 Å². The largest absolute Gasteiger partial charge is 0.322 e. The Hall–Kier alpha value is -1.03. The van der Waals surface area contributed by atoms with Crippen LogP contribution in [0.3, 0.4) is 0 Å². The van der Waals surface area contributed by atoms with Crippen LogP contribution in [0.2, 0.25) is 5.02 Å². The van der Waals surface area contributed by atoms with Crippen molar-refractivity contribution < 1.29 is 0 Å². The SMILES string of the molecule is CC(Cl)c1nc2ccc(Cl)cc2n1Cc1ccsc1. The molecule has 98 valence electrons. The summed E-state index contributed by atoms with van der Waals surface area (Å²) >= 11 is 14.0. The number of alkyl halides is 1. The fraction of sp³-hybridized carbons (Fsp3) is 0.214. The molecule has 0 aliphatic rings.